The van der Waals surface area contributed by atoms with E-state index in [1.807, 2.05) is 54.6 Å². The van der Waals surface area contributed by atoms with Gasteiger partial charge in [0.25, 0.3) is 0 Å². The van der Waals surface area contributed by atoms with E-state index in [0.717, 1.165) is 11.1 Å². The van der Waals surface area contributed by atoms with Gasteiger partial charge in [-0.2, -0.15) is 0 Å². The van der Waals surface area contributed by atoms with Crippen LogP contribution >= 0.6 is 0 Å². The average Bonchev–Trinajstić information content (AvgIpc) is 3.10. The summed E-state index contributed by atoms with van der Waals surface area (Å²) in [6, 6.07) is 15.8. The average molecular weight is 340 g/mol. The van der Waals surface area contributed by atoms with Gasteiger partial charge in [0, 0.05) is 18.4 Å². The minimum absolute atomic E-state index is 0.0123. The predicted octanol–water partition coefficient (Wildman–Crippen LogP) is 3.76. The number of ether oxygens (including phenoxy) is 3. The van der Waals surface area contributed by atoms with Crippen LogP contribution in [-0.4, -0.2) is 25.4 Å². The summed E-state index contributed by atoms with van der Waals surface area (Å²) in [6.45, 7) is 4.96. The van der Waals surface area contributed by atoms with Crippen LogP contribution in [0.4, 0.5) is 0 Å². The highest BCUT2D eigenvalue weighted by Gasteiger charge is 2.36. The molecule has 1 aliphatic heterocycles. The highest BCUT2D eigenvalue weighted by Crippen LogP contribution is 2.41. The molecule has 4 nitrogen and oxygen atoms in total. The Morgan fingerprint density at radius 2 is 2.00 bits per heavy atom. The summed E-state index contributed by atoms with van der Waals surface area (Å²) in [5, 5.41) is 9.71. The summed E-state index contributed by atoms with van der Waals surface area (Å²) in [5.74, 6) is 1.53. The molecule has 0 unspecified atom stereocenters. The van der Waals surface area contributed by atoms with Crippen molar-refractivity contribution in [2.45, 2.75) is 12.7 Å². The smallest absolute Gasteiger partial charge is 0.161 e. The molecule has 0 bridgehead atoms. The number of rotatable bonds is 7. The zero-order valence-electron chi connectivity index (χ0n) is 14.4. The van der Waals surface area contributed by atoms with Crippen molar-refractivity contribution in [2.24, 2.45) is 11.8 Å². The van der Waals surface area contributed by atoms with Crippen LogP contribution in [0.15, 0.2) is 61.2 Å². The minimum Gasteiger partial charge on any atom is -0.493 e. The van der Waals surface area contributed by atoms with E-state index in [9.17, 15) is 5.11 Å². The van der Waals surface area contributed by atoms with Crippen LogP contribution in [0.3, 0.4) is 0 Å². The lowest BCUT2D eigenvalue weighted by Crippen LogP contribution is -2.17. The van der Waals surface area contributed by atoms with E-state index in [4.69, 9.17) is 14.2 Å². The van der Waals surface area contributed by atoms with Crippen LogP contribution < -0.4 is 9.47 Å². The molecule has 4 heteroatoms. The van der Waals surface area contributed by atoms with Gasteiger partial charge in [-0.15, -0.1) is 6.58 Å². The third-order valence-electron chi connectivity index (χ3n) is 4.67. The molecule has 3 atom stereocenters. The second kappa shape index (κ2) is 8.19. The van der Waals surface area contributed by atoms with E-state index >= 15 is 0 Å². The molecule has 1 N–H and O–H groups in total. The zero-order valence-corrected chi connectivity index (χ0v) is 14.4. The van der Waals surface area contributed by atoms with E-state index in [-0.39, 0.29) is 24.5 Å². The lowest BCUT2D eigenvalue weighted by molar-refractivity contribution is 0.0717. The fourth-order valence-electron chi connectivity index (χ4n) is 3.22. The molecule has 0 spiro atoms. The summed E-state index contributed by atoms with van der Waals surface area (Å²) < 4.78 is 17.3. The molecule has 0 radical (unpaired) electrons. The van der Waals surface area contributed by atoms with Crippen LogP contribution in [0.1, 0.15) is 17.2 Å². The quantitative estimate of drug-likeness (QED) is 0.780. The standard InChI is InChI=1S/C21H24O4/c1-3-16-14-25-21(18(16)12-22)17-9-10-19(20(11-17)23-2)24-13-15-7-5-4-6-8-15/h3-11,16,18,21-22H,1,12-14H2,2H3/t16-,18-,21+/m0/s1. The van der Waals surface area contributed by atoms with Crippen LogP contribution in [0.25, 0.3) is 0 Å². The van der Waals surface area contributed by atoms with Gasteiger partial charge >= 0.3 is 0 Å². The fraction of sp³-hybridized carbons (Fsp3) is 0.333. The molecule has 2 aromatic rings. The molecule has 0 amide bonds. The van der Waals surface area contributed by atoms with Gasteiger partial charge in [0.05, 0.1) is 19.8 Å². The van der Waals surface area contributed by atoms with Crippen LogP contribution in [0, 0.1) is 11.8 Å². The van der Waals surface area contributed by atoms with Crippen molar-refractivity contribution in [3.63, 3.8) is 0 Å². The Hall–Kier alpha value is -2.30. The van der Waals surface area contributed by atoms with Crippen LogP contribution in [0.5, 0.6) is 11.5 Å². The molecule has 1 heterocycles. The van der Waals surface area contributed by atoms with Gasteiger partial charge in [-0.25, -0.2) is 0 Å². The number of methoxy groups -OCH3 is 1. The van der Waals surface area contributed by atoms with Gasteiger partial charge < -0.3 is 19.3 Å². The third-order valence-corrected chi connectivity index (χ3v) is 4.67. The van der Waals surface area contributed by atoms with Crippen molar-refractivity contribution >= 4 is 0 Å². The Balaban J connectivity index is 1.76. The molecule has 3 rings (SSSR count). The van der Waals surface area contributed by atoms with Crippen molar-refractivity contribution in [2.75, 3.05) is 20.3 Å². The Morgan fingerprint density at radius 1 is 1.20 bits per heavy atom. The molecule has 132 valence electrons. The first kappa shape index (κ1) is 17.5. The molecule has 0 aromatic heterocycles. The topological polar surface area (TPSA) is 47.9 Å². The lowest BCUT2D eigenvalue weighted by Gasteiger charge is -2.20. The number of aliphatic hydroxyl groups excluding tert-OH is 1. The monoisotopic (exact) mass is 340 g/mol. The van der Waals surface area contributed by atoms with Crippen molar-refractivity contribution in [1.82, 2.24) is 0 Å². The second-order valence-corrected chi connectivity index (χ2v) is 6.18. The highest BCUT2D eigenvalue weighted by molar-refractivity contribution is 5.44. The van der Waals surface area contributed by atoms with E-state index in [2.05, 4.69) is 6.58 Å². The summed E-state index contributed by atoms with van der Waals surface area (Å²) in [7, 11) is 1.63. The summed E-state index contributed by atoms with van der Waals surface area (Å²) in [5.41, 5.74) is 2.08. The van der Waals surface area contributed by atoms with Crippen molar-refractivity contribution in [1.29, 1.82) is 0 Å². The van der Waals surface area contributed by atoms with Gasteiger partial charge in [-0.05, 0) is 23.3 Å². The zero-order chi connectivity index (χ0) is 17.6. The third kappa shape index (κ3) is 3.86. The van der Waals surface area contributed by atoms with Gasteiger partial charge in [-0.1, -0.05) is 42.5 Å². The molecule has 25 heavy (non-hydrogen) atoms. The summed E-state index contributed by atoms with van der Waals surface area (Å²) >= 11 is 0. The van der Waals surface area contributed by atoms with Gasteiger partial charge in [0.15, 0.2) is 11.5 Å². The van der Waals surface area contributed by atoms with Crippen molar-refractivity contribution < 1.29 is 19.3 Å². The van der Waals surface area contributed by atoms with Crippen molar-refractivity contribution in [3.8, 4) is 11.5 Å². The number of hydrogen-bond acceptors (Lipinski definition) is 4. The Morgan fingerprint density at radius 3 is 2.68 bits per heavy atom. The summed E-state index contributed by atoms with van der Waals surface area (Å²) in [6.07, 6.45) is 1.69. The van der Waals surface area contributed by atoms with E-state index in [0.29, 0.717) is 24.7 Å². The first-order valence-corrected chi connectivity index (χ1v) is 8.46. The number of hydrogen-bond donors (Lipinski definition) is 1. The predicted molar refractivity (Wildman–Crippen MR) is 96.7 cm³/mol. The maximum Gasteiger partial charge on any atom is 0.161 e. The molecule has 1 saturated heterocycles. The van der Waals surface area contributed by atoms with Gasteiger partial charge in [-0.3, -0.25) is 0 Å². The first-order chi connectivity index (χ1) is 12.3. The second-order valence-electron chi connectivity index (χ2n) is 6.18. The van der Waals surface area contributed by atoms with Gasteiger partial charge in [0.2, 0.25) is 0 Å². The van der Waals surface area contributed by atoms with E-state index < -0.39 is 0 Å². The normalized spacial score (nSPS) is 22.6. The molecule has 2 aromatic carbocycles. The Labute approximate surface area is 148 Å². The maximum atomic E-state index is 9.71. The Bertz CT molecular complexity index is 698. The molecule has 0 aliphatic carbocycles. The van der Waals surface area contributed by atoms with E-state index in [1.165, 1.54) is 0 Å². The first-order valence-electron chi connectivity index (χ1n) is 8.46. The van der Waals surface area contributed by atoms with Crippen LogP contribution in [-0.2, 0) is 11.3 Å². The van der Waals surface area contributed by atoms with Crippen LogP contribution in [0.2, 0.25) is 0 Å². The molecule has 1 fully saturated rings. The Kier molecular flexibility index (Phi) is 5.74. The summed E-state index contributed by atoms with van der Waals surface area (Å²) in [4.78, 5) is 0. The lowest BCUT2D eigenvalue weighted by atomic mass is 9.88. The number of aliphatic hydroxyl groups is 1. The molecular formula is C21H24O4. The van der Waals surface area contributed by atoms with Crippen molar-refractivity contribution in [3.05, 3.63) is 72.3 Å². The largest absolute Gasteiger partial charge is 0.493 e. The number of benzene rings is 2. The fourth-order valence-corrected chi connectivity index (χ4v) is 3.22. The van der Waals surface area contributed by atoms with E-state index in [1.54, 1.807) is 7.11 Å². The maximum absolute atomic E-state index is 9.71. The SMILES string of the molecule is C=C[C@H]1CO[C@H](c2ccc(OCc3ccccc3)c(OC)c2)[C@H]1CO. The minimum atomic E-state index is -0.162. The molecule has 0 saturated carbocycles. The molecule has 1 aliphatic rings. The highest BCUT2D eigenvalue weighted by atomic mass is 16.5. The molecular weight excluding hydrogens is 316 g/mol. The van der Waals surface area contributed by atoms with Gasteiger partial charge in [0.1, 0.15) is 6.61 Å².